The second-order valence-corrected chi connectivity index (χ2v) is 4.62. The average molecular weight is 242 g/mol. The van der Waals surface area contributed by atoms with Crippen LogP contribution < -0.4 is 0 Å². The number of aromatic nitrogens is 1. The molecule has 3 rings (SSSR count). The minimum absolute atomic E-state index is 0.771. The van der Waals surface area contributed by atoms with E-state index in [4.69, 9.17) is 11.6 Å². The molecule has 0 aliphatic carbocycles. The number of hydrogen-bond acceptors (Lipinski definition) is 0. The third-order valence-corrected chi connectivity index (χ3v) is 3.24. The van der Waals surface area contributed by atoms with Crippen molar-refractivity contribution in [1.82, 2.24) is 4.57 Å². The molecule has 0 bridgehead atoms. The summed E-state index contributed by atoms with van der Waals surface area (Å²) in [7, 11) is 0. The van der Waals surface area contributed by atoms with Crippen molar-refractivity contribution in [3.8, 4) is 5.69 Å². The zero-order valence-electron chi connectivity index (χ0n) is 9.52. The number of nitrogens with zero attached hydrogens (tertiary/aromatic N) is 1. The molecule has 2 heteroatoms. The van der Waals surface area contributed by atoms with Gasteiger partial charge >= 0.3 is 0 Å². The number of halogens is 1. The summed E-state index contributed by atoms with van der Waals surface area (Å²) < 4.78 is 2.18. The second kappa shape index (κ2) is 3.94. The number of rotatable bonds is 1. The van der Waals surface area contributed by atoms with Gasteiger partial charge in [-0.2, -0.15) is 0 Å². The summed E-state index contributed by atoms with van der Waals surface area (Å²) >= 11 is 6.07. The van der Waals surface area contributed by atoms with E-state index < -0.39 is 0 Å². The number of aryl methyl sites for hydroxylation is 1. The first kappa shape index (κ1) is 10.4. The van der Waals surface area contributed by atoms with Gasteiger partial charge < -0.3 is 4.57 Å². The van der Waals surface area contributed by atoms with E-state index in [1.165, 1.54) is 10.9 Å². The fraction of sp³-hybridized carbons (Fsp3) is 0.0667. The molecule has 0 fully saturated rings. The summed E-state index contributed by atoms with van der Waals surface area (Å²) in [6.07, 6.45) is 2.15. The third-order valence-electron chi connectivity index (χ3n) is 3.00. The van der Waals surface area contributed by atoms with Crippen molar-refractivity contribution in [2.45, 2.75) is 6.92 Å². The summed E-state index contributed by atoms with van der Waals surface area (Å²) in [5, 5.41) is 2.02. The highest BCUT2D eigenvalue weighted by Gasteiger charge is 2.06. The Morgan fingerprint density at radius 3 is 2.53 bits per heavy atom. The van der Waals surface area contributed by atoms with Gasteiger partial charge in [-0.1, -0.05) is 35.9 Å². The highest BCUT2D eigenvalue weighted by Crippen LogP contribution is 2.26. The number of benzene rings is 2. The molecule has 0 unspecified atom stereocenters. The molecule has 1 nitrogen and oxygen atoms in total. The van der Waals surface area contributed by atoms with E-state index in [1.54, 1.807) is 0 Å². The molecule has 0 atom stereocenters. The van der Waals surface area contributed by atoms with Crippen LogP contribution in [0, 0.1) is 6.92 Å². The highest BCUT2D eigenvalue weighted by molar-refractivity contribution is 6.31. The van der Waals surface area contributed by atoms with Crippen LogP contribution in [0.1, 0.15) is 5.56 Å². The number of fused-ring (bicyclic) bond motifs is 1. The fourth-order valence-corrected chi connectivity index (χ4v) is 2.34. The molecular weight excluding hydrogens is 230 g/mol. The molecular formula is C15H12ClN. The molecule has 1 aromatic heterocycles. The largest absolute Gasteiger partial charge is 0.316 e. The average Bonchev–Trinajstić information content (AvgIpc) is 2.67. The van der Waals surface area contributed by atoms with Crippen LogP contribution in [0.4, 0.5) is 0 Å². The molecule has 84 valence electrons. The molecule has 0 radical (unpaired) electrons. The molecule has 0 N–H and O–H groups in total. The van der Waals surface area contributed by atoms with Gasteiger partial charge in [0.05, 0.1) is 5.52 Å². The quantitative estimate of drug-likeness (QED) is 0.587. The van der Waals surface area contributed by atoms with Crippen molar-refractivity contribution in [3.05, 3.63) is 65.3 Å². The SMILES string of the molecule is Cc1cn(-c2ccccc2)c2cc(Cl)ccc12. The van der Waals surface area contributed by atoms with Crippen molar-refractivity contribution in [2.75, 3.05) is 0 Å². The van der Waals surface area contributed by atoms with Gasteiger partial charge in [-0.25, -0.2) is 0 Å². The lowest BCUT2D eigenvalue weighted by molar-refractivity contribution is 1.12. The van der Waals surface area contributed by atoms with Gasteiger partial charge in [0, 0.05) is 22.3 Å². The van der Waals surface area contributed by atoms with Gasteiger partial charge in [0.1, 0.15) is 0 Å². The van der Waals surface area contributed by atoms with Crippen LogP contribution in [0.3, 0.4) is 0 Å². The Balaban J connectivity index is 2.34. The van der Waals surface area contributed by atoms with Crippen LogP contribution in [-0.2, 0) is 0 Å². The maximum Gasteiger partial charge on any atom is 0.0546 e. The van der Waals surface area contributed by atoms with E-state index in [0.29, 0.717) is 0 Å². The second-order valence-electron chi connectivity index (χ2n) is 4.18. The van der Waals surface area contributed by atoms with Crippen molar-refractivity contribution in [2.24, 2.45) is 0 Å². The van der Waals surface area contributed by atoms with Gasteiger partial charge in [0.25, 0.3) is 0 Å². The van der Waals surface area contributed by atoms with E-state index in [9.17, 15) is 0 Å². The van der Waals surface area contributed by atoms with E-state index in [2.05, 4.69) is 35.9 Å². The van der Waals surface area contributed by atoms with Crippen LogP contribution in [0.2, 0.25) is 5.02 Å². The Morgan fingerprint density at radius 1 is 1.00 bits per heavy atom. The predicted molar refractivity (Wildman–Crippen MR) is 73.0 cm³/mol. The van der Waals surface area contributed by atoms with Crippen LogP contribution in [0.15, 0.2) is 54.7 Å². The van der Waals surface area contributed by atoms with Crippen LogP contribution >= 0.6 is 11.6 Å². The Labute approximate surface area is 105 Å². The molecule has 2 aromatic carbocycles. The smallest absolute Gasteiger partial charge is 0.0546 e. The minimum Gasteiger partial charge on any atom is -0.316 e. The fourth-order valence-electron chi connectivity index (χ4n) is 2.17. The van der Waals surface area contributed by atoms with Crippen molar-refractivity contribution >= 4 is 22.5 Å². The van der Waals surface area contributed by atoms with Crippen molar-refractivity contribution in [1.29, 1.82) is 0 Å². The monoisotopic (exact) mass is 241 g/mol. The van der Waals surface area contributed by atoms with E-state index in [0.717, 1.165) is 16.2 Å². The normalized spacial score (nSPS) is 10.9. The molecule has 0 saturated heterocycles. The van der Waals surface area contributed by atoms with Crippen LogP contribution in [0.5, 0.6) is 0 Å². The van der Waals surface area contributed by atoms with Gasteiger partial charge in [0.15, 0.2) is 0 Å². The van der Waals surface area contributed by atoms with Crippen molar-refractivity contribution in [3.63, 3.8) is 0 Å². The first-order chi connectivity index (χ1) is 8.25. The maximum atomic E-state index is 6.07. The summed E-state index contributed by atoms with van der Waals surface area (Å²) in [6.45, 7) is 2.12. The van der Waals surface area contributed by atoms with Gasteiger partial charge in [-0.3, -0.25) is 0 Å². The molecule has 17 heavy (non-hydrogen) atoms. The van der Waals surface area contributed by atoms with E-state index in [-0.39, 0.29) is 0 Å². The minimum atomic E-state index is 0.771. The molecule has 1 heterocycles. The summed E-state index contributed by atoms with van der Waals surface area (Å²) in [5.74, 6) is 0. The van der Waals surface area contributed by atoms with Crippen molar-refractivity contribution < 1.29 is 0 Å². The highest BCUT2D eigenvalue weighted by atomic mass is 35.5. The maximum absolute atomic E-state index is 6.07. The Kier molecular flexibility index (Phi) is 2.41. The standard InChI is InChI=1S/C15H12ClN/c1-11-10-17(13-5-3-2-4-6-13)15-9-12(16)7-8-14(11)15/h2-10H,1H3. The lowest BCUT2D eigenvalue weighted by atomic mass is 10.2. The summed E-state index contributed by atoms with van der Waals surface area (Å²) in [4.78, 5) is 0. The zero-order chi connectivity index (χ0) is 11.8. The lowest BCUT2D eigenvalue weighted by Gasteiger charge is -2.04. The first-order valence-corrected chi connectivity index (χ1v) is 5.96. The van der Waals surface area contributed by atoms with Crippen LogP contribution in [-0.4, -0.2) is 4.57 Å². The Bertz CT molecular complexity index is 668. The van der Waals surface area contributed by atoms with Gasteiger partial charge in [-0.15, -0.1) is 0 Å². The van der Waals surface area contributed by atoms with Gasteiger partial charge in [-0.05, 0) is 36.8 Å². The Morgan fingerprint density at radius 2 is 1.76 bits per heavy atom. The molecule has 0 aliphatic rings. The topological polar surface area (TPSA) is 4.93 Å². The lowest BCUT2D eigenvalue weighted by Crippen LogP contribution is -1.90. The Hall–Kier alpha value is -1.73. The van der Waals surface area contributed by atoms with Gasteiger partial charge in [0.2, 0.25) is 0 Å². The van der Waals surface area contributed by atoms with Crippen LogP contribution in [0.25, 0.3) is 16.6 Å². The third kappa shape index (κ3) is 1.73. The van der Waals surface area contributed by atoms with E-state index in [1.807, 2.05) is 30.3 Å². The predicted octanol–water partition coefficient (Wildman–Crippen LogP) is 4.59. The number of para-hydroxylation sites is 1. The molecule has 0 aliphatic heterocycles. The molecule has 0 saturated carbocycles. The summed E-state index contributed by atoms with van der Waals surface area (Å²) in [6, 6.07) is 16.3. The first-order valence-electron chi connectivity index (χ1n) is 5.58. The molecule has 0 spiro atoms. The van der Waals surface area contributed by atoms with E-state index >= 15 is 0 Å². The molecule has 0 amide bonds. The molecule has 3 aromatic rings. The zero-order valence-corrected chi connectivity index (χ0v) is 10.3. The summed E-state index contributed by atoms with van der Waals surface area (Å²) in [5.41, 5.74) is 3.58. The number of hydrogen-bond donors (Lipinski definition) is 0.